The van der Waals surface area contributed by atoms with E-state index in [-0.39, 0.29) is 11.3 Å². The van der Waals surface area contributed by atoms with Gasteiger partial charge in [0.1, 0.15) is 5.60 Å². The topological polar surface area (TPSA) is 46.5 Å². The van der Waals surface area contributed by atoms with Crippen LogP contribution in [0.1, 0.15) is 41.6 Å². The number of carboxylic acids is 1. The van der Waals surface area contributed by atoms with E-state index in [0.29, 0.717) is 18.9 Å². The fraction of sp³-hybridized carbons (Fsp3) is 0.278. The van der Waals surface area contributed by atoms with Crippen LogP contribution in [0, 0.1) is 11.6 Å². The second kappa shape index (κ2) is 5.99. The Hall–Kier alpha value is -2.43. The Morgan fingerprint density at radius 3 is 2.35 bits per heavy atom. The third kappa shape index (κ3) is 2.91. The van der Waals surface area contributed by atoms with Gasteiger partial charge in [-0.1, -0.05) is 30.3 Å². The largest absolute Gasteiger partial charge is 0.479 e. The molecule has 0 heterocycles. The van der Waals surface area contributed by atoms with Gasteiger partial charge in [-0.3, -0.25) is 0 Å². The van der Waals surface area contributed by atoms with Crippen LogP contribution < -0.4 is 4.74 Å². The first-order valence-electron chi connectivity index (χ1n) is 7.49. The second-order valence-electron chi connectivity index (χ2n) is 5.74. The van der Waals surface area contributed by atoms with Crippen molar-refractivity contribution in [3.63, 3.8) is 0 Å². The van der Waals surface area contributed by atoms with Crippen molar-refractivity contribution < 1.29 is 23.4 Å². The van der Waals surface area contributed by atoms with E-state index in [4.69, 9.17) is 9.84 Å². The predicted molar refractivity (Wildman–Crippen MR) is 80.5 cm³/mol. The third-order valence-electron chi connectivity index (χ3n) is 4.26. The van der Waals surface area contributed by atoms with Gasteiger partial charge < -0.3 is 9.84 Å². The summed E-state index contributed by atoms with van der Waals surface area (Å²) >= 11 is 0. The Kier molecular flexibility index (Phi) is 4.03. The third-order valence-corrected chi connectivity index (χ3v) is 4.26. The van der Waals surface area contributed by atoms with Crippen molar-refractivity contribution in [2.45, 2.75) is 31.3 Å². The minimum absolute atomic E-state index is 0.333. The number of hydrogen-bond donors (Lipinski definition) is 1. The maximum Gasteiger partial charge on any atom is 0.335 e. The van der Waals surface area contributed by atoms with E-state index in [1.807, 2.05) is 30.3 Å². The summed E-state index contributed by atoms with van der Waals surface area (Å²) in [6.07, 6.45) is 3.18. The van der Waals surface area contributed by atoms with E-state index in [2.05, 4.69) is 0 Å². The number of halogens is 2. The lowest BCUT2D eigenvalue weighted by Gasteiger charge is -2.31. The van der Waals surface area contributed by atoms with Crippen LogP contribution in [0.2, 0.25) is 0 Å². The number of benzene rings is 2. The number of carboxylic acid groups (broad SMARTS) is 1. The number of carbonyl (C=O) groups is 1. The van der Waals surface area contributed by atoms with Gasteiger partial charge >= 0.3 is 5.97 Å². The molecule has 1 aliphatic rings. The summed E-state index contributed by atoms with van der Waals surface area (Å²) in [6.45, 7) is 0. The number of rotatable bonds is 4. The van der Waals surface area contributed by atoms with Gasteiger partial charge in [-0.25, -0.2) is 9.18 Å². The quantitative estimate of drug-likeness (QED) is 0.902. The molecule has 23 heavy (non-hydrogen) atoms. The molecule has 0 spiro atoms. The monoisotopic (exact) mass is 318 g/mol. The van der Waals surface area contributed by atoms with Gasteiger partial charge in [0.25, 0.3) is 0 Å². The SMILES string of the molecule is O=C(O)c1cc(F)c(F)c(OC2(c3ccccc3)CCCC2)c1. The lowest BCUT2D eigenvalue weighted by molar-refractivity contribution is 0.0649. The molecule has 0 atom stereocenters. The molecule has 0 aromatic heterocycles. The summed E-state index contributed by atoms with van der Waals surface area (Å²) < 4.78 is 33.6. The molecule has 1 aliphatic carbocycles. The van der Waals surface area contributed by atoms with Crippen LogP contribution in [0.25, 0.3) is 0 Å². The van der Waals surface area contributed by atoms with E-state index < -0.39 is 23.2 Å². The van der Waals surface area contributed by atoms with Crippen molar-refractivity contribution in [2.75, 3.05) is 0 Å². The molecule has 0 saturated heterocycles. The van der Waals surface area contributed by atoms with Crippen LogP contribution in [0.15, 0.2) is 42.5 Å². The Labute approximate surface area is 132 Å². The van der Waals surface area contributed by atoms with Crippen molar-refractivity contribution in [2.24, 2.45) is 0 Å². The van der Waals surface area contributed by atoms with E-state index >= 15 is 0 Å². The summed E-state index contributed by atoms with van der Waals surface area (Å²) in [4.78, 5) is 11.1. The highest BCUT2D eigenvalue weighted by Crippen LogP contribution is 2.43. The Bertz CT molecular complexity index is 723. The van der Waals surface area contributed by atoms with Crippen LogP contribution >= 0.6 is 0 Å². The van der Waals surface area contributed by atoms with Gasteiger partial charge in [-0.2, -0.15) is 4.39 Å². The zero-order chi connectivity index (χ0) is 16.4. The summed E-state index contributed by atoms with van der Waals surface area (Å²) in [6, 6.07) is 11.1. The van der Waals surface area contributed by atoms with Gasteiger partial charge in [-0.15, -0.1) is 0 Å². The summed E-state index contributed by atoms with van der Waals surface area (Å²) in [5, 5.41) is 9.02. The highest BCUT2D eigenvalue weighted by Gasteiger charge is 2.39. The normalized spacial score (nSPS) is 16.3. The van der Waals surface area contributed by atoms with Crippen molar-refractivity contribution >= 4 is 5.97 Å². The second-order valence-corrected chi connectivity index (χ2v) is 5.74. The number of ether oxygens (including phenoxy) is 1. The zero-order valence-electron chi connectivity index (χ0n) is 12.4. The molecule has 2 aromatic carbocycles. The first-order valence-corrected chi connectivity index (χ1v) is 7.49. The summed E-state index contributed by atoms with van der Waals surface area (Å²) in [5.74, 6) is -4.06. The molecule has 1 fully saturated rings. The Balaban J connectivity index is 2.03. The molecule has 0 amide bonds. The molecule has 1 N–H and O–H groups in total. The van der Waals surface area contributed by atoms with E-state index in [0.717, 1.165) is 24.5 Å². The van der Waals surface area contributed by atoms with E-state index in [1.165, 1.54) is 0 Å². The first kappa shape index (κ1) is 15.5. The average molecular weight is 318 g/mol. The van der Waals surface area contributed by atoms with Crippen LogP contribution in [0.5, 0.6) is 5.75 Å². The van der Waals surface area contributed by atoms with Gasteiger partial charge in [-0.05, 0) is 43.4 Å². The predicted octanol–water partition coefficient (Wildman–Crippen LogP) is 4.51. The molecule has 1 saturated carbocycles. The van der Waals surface area contributed by atoms with Gasteiger partial charge in [0.2, 0.25) is 5.82 Å². The van der Waals surface area contributed by atoms with E-state index in [1.54, 1.807) is 0 Å². The molecule has 0 unspecified atom stereocenters. The minimum atomic E-state index is -1.33. The number of aromatic carboxylic acids is 1. The minimum Gasteiger partial charge on any atom is -0.479 e. The summed E-state index contributed by atoms with van der Waals surface area (Å²) in [7, 11) is 0. The molecule has 2 aromatic rings. The van der Waals surface area contributed by atoms with Crippen molar-refractivity contribution in [3.05, 3.63) is 65.2 Å². The molecule has 5 heteroatoms. The number of hydrogen-bond acceptors (Lipinski definition) is 2. The molecule has 120 valence electrons. The lowest BCUT2D eigenvalue weighted by atomic mass is 9.92. The molecule has 3 nitrogen and oxygen atoms in total. The molecule has 0 bridgehead atoms. The molecular formula is C18H16F2O3. The standard InChI is InChI=1S/C18H16F2O3/c19-14-10-12(17(21)22)11-15(16(14)20)23-18(8-4-5-9-18)13-6-2-1-3-7-13/h1-3,6-7,10-11H,4-5,8-9H2,(H,21,22). The smallest absolute Gasteiger partial charge is 0.335 e. The van der Waals surface area contributed by atoms with Gasteiger partial charge in [0.05, 0.1) is 5.56 Å². The lowest BCUT2D eigenvalue weighted by Crippen LogP contribution is -2.30. The van der Waals surface area contributed by atoms with Gasteiger partial charge in [0, 0.05) is 0 Å². The average Bonchev–Trinajstić information content (AvgIpc) is 3.02. The van der Waals surface area contributed by atoms with Crippen molar-refractivity contribution in [1.29, 1.82) is 0 Å². The summed E-state index contributed by atoms with van der Waals surface area (Å²) in [5.41, 5.74) is -0.191. The van der Waals surface area contributed by atoms with Crippen LogP contribution in [-0.4, -0.2) is 11.1 Å². The fourth-order valence-electron chi connectivity index (χ4n) is 3.11. The molecule has 0 radical (unpaired) electrons. The van der Waals surface area contributed by atoms with Crippen molar-refractivity contribution in [1.82, 2.24) is 0 Å². The van der Waals surface area contributed by atoms with Gasteiger partial charge in [0.15, 0.2) is 11.6 Å². The Morgan fingerprint density at radius 1 is 1.09 bits per heavy atom. The Morgan fingerprint density at radius 2 is 1.74 bits per heavy atom. The fourth-order valence-corrected chi connectivity index (χ4v) is 3.11. The van der Waals surface area contributed by atoms with Crippen LogP contribution in [-0.2, 0) is 5.60 Å². The maximum absolute atomic E-state index is 14.1. The first-order chi connectivity index (χ1) is 11.0. The molecular weight excluding hydrogens is 302 g/mol. The maximum atomic E-state index is 14.1. The van der Waals surface area contributed by atoms with E-state index in [9.17, 15) is 13.6 Å². The van der Waals surface area contributed by atoms with Crippen molar-refractivity contribution in [3.8, 4) is 5.75 Å². The highest BCUT2D eigenvalue weighted by atomic mass is 19.2. The highest BCUT2D eigenvalue weighted by molar-refractivity contribution is 5.88. The van der Waals surface area contributed by atoms with Crippen LogP contribution in [0.4, 0.5) is 8.78 Å². The zero-order valence-corrected chi connectivity index (χ0v) is 12.4. The van der Waals surface area contributed by atoms with Crippen LogP contribution in [0.3, 0.4) is 0 Å². The molecule has 0 aliphatic heterocycles. The molecule has 3 rings (SSSR count).